The van der Waals surface area contributed by atoms with Gasteiger partial charge in [0.15, 0.2) is 0 Å². The van der Waals surface area contributed by atoms with Gasteiger partial charge in [0.1, 0.15) is 0 Å². The molecular weight excluding hydrogens is 236 g/mol. The van der Waals surface area contributed by atoms with Gasteiger partial charge >= 0.3 is 0 Å². The van der Waals surface area contributed by atoms with E-state index in [1.807, 2.05) is 24.5 Å². The Labute approximate surface area is 112 Å². The smallest absolute Gasteiger partial charge is 0.206 e. The van der Waals surface area contributed by atoms with E-state index in [0.717, 1.165) is 24.4 Å². The summed E-state index contributed by atoms with van der Waals surface area (Å²) in [5.74, 6) is 1.01. The Bertz CT molecular complexity index is 667. The first kappa shape index (κ1) is 11.8. The summed E-state index contributed by atoms with van der Waals surface area (Å²) in [7, 11) is 4.16. The molecule has 0 saturated heterocycles. The number of likely N-dealkylation sites (N-methyl/N-ethyl adjacent to an activating group) is 1. The Morgan fingerprint density at radius 1 is 1.26 bits per heavy atom. The molecule has 19 heavy (non-hydrogen) atoms. The van der Waals surface area contributed by atoms with Crippen molar-refractivity contribution >= 4 is 17.0 Å². The average Bonchev–Trinajstić information content (AvgIpc) is 3.05. The molecule has 0 spiro atoms. The van der Waals surface area contributed by atoms with Crippen LogP contribution in [0.5, 0.6) is 0 Å². The Morgan fingerprint density at radius 2 is 2.11 bits per heavy atom. The summed E-state index contributed by atoms with van der Waals surface area (Å²) in [4.78, 5) is 9.98. The van der Waals surface area contributed by atoms with Gasteiger partial charge in [-0.05, 0) is 30.2 Å². The van der Waals surface area contributed by atoms with Crippen molar-refractivity contribution in [1.82, 2.24) is 14.5 Å². The lowest BCUT2D eigenvalue weighted by Crippen LogP contribution is -2.23. The molecule has 0 aliphatic carbocycles. The third-order valence-electron chi connectivity index (χ3n) is 3.50. The van der Waals surface area contributed by atoms with Gasteiger partial charge in [0.25, 0.3) is 0 Å². The van der Waals surface area contributed by atoms with E-state index < -0.39 is 0 Å². The maximum absolute atomic E-state index is 4.69. The first-order chi connectivity index (χ1) is 9.25. The molecule has 0 aliphatic rings. The van der Waals surface area contributed by atoms with Gasteiger partial charge in [-0.15, -0.1) is 0 Å². The summed E-state index contributed by atoms with van der Waals surface area (Å²) in [6.07, 6.45) is 5.02. The molecule has 0 aliphatic heterocycles. The molecule has 1 N–H and O–H groups in total. The van der Waals surface area contributed by atoms with Crippen molar-refractivity contribution in [3.63, 3.8) is 0 Å². The molecular formula is C15H18N4. The maximum atomic E-state index is 4.69. The van der Waals surface area contributed by atoms with Crippen LogP contribution in [0.3, 0.4) is 0 Å². The Balaban J connectivity index is 1.81. The zero-order valence-corrected chi connectivity index (χ0v) is 11.3. The summed E-state index contributed by atoms with van der Waals surface area (Å²) in [5, 5.41) is 0. The second kappa shape index (κ2) is 4.80. The van der Waals surface area contributed by atoms with Crippen LogP contribution < -0.4 is 4.90 Å². The number of aryl methyl sites for hydroxylation is 1. The lowest BCUT2D eigenvalue weighted by Gasteiger charge is -2.17. The molecule has 98 valence electrons. The molecule has 0 amide bonds. The number of anilines is 1. The molecule has 0 bridgehead atoms. The highest BCUT2D eigenvalue weighted by Gasteiger charge is 2.11. The molecule has 3 rings (SSSR count). The number of H-pyrrole nitrogens is 1. The van der Waals surface area contributed by atoms with Gasteiger partial charge in [0.2, 0.25) is 5.95 Å². The number of nitrogens with one attached hydrogen (secondary N) is 1. The highest BCUT2D eigenvalue weighted by Crippen LogP contribution is 2.20. The molecule has 0 unspecified atom stereocenters. The van der Waals surface area contributed by atoms with Crippen molar-refractivity contribution in [2.45, 2.75) is 6.42 Å². The molecule has 0 fully saturated rings. The summed E-state index contributed by atoms with van der Waals surface area (Å²) in [6, 6.07) is 10.3. The van der Waals surface area contributed by atoms with Crippen molar-refractivity contribution in [2.24, 2.45) is 7.05 Å². The molecule has 0 atom stereocenters. The van der Waals surface area contributed by atoms with Crippen LogP contribution >= 0.6 is 0 Å². The number of imidazole rings is 1. The lowest BCUT2D eigenvalue weighted by atomic mass is 10.2. The molecule has 0 radical (unpaired) electrons. The zero-order valence-electron chi connectivity index (χ0n) is 11.3. The van der Waals surface area contributed by atoms with Gasteiger partial charge < -0.3 is 14.5 Å². The van der Waals surface area contributed by atoms with E-state index in [0.29, 0.717) is 0 Å². The monoisotopic (exact) mass is 254 g/mol. The number of hydrogen-bond acceptors (Lipinski definition) is 2. The second-order valence-corrected chi connectivity index (χ2v) is 4.85. The van der Waals surface area contributed by atoms with Crippen molar-refractivity contribution in [1.29, 1.82) is 0 Å². The average molecular weight is 254 g/mol. The molecule has 3 aromatic rings. The normalized spacial score (nSPS) is 11.1. The van der Waals surface area contributed by atoms with Crippen molar-refractivity contribution in [2.75, 3.05) is 18.5 Å². The molecule has 0 saturated carbocycles. The van der Waals surface area contributed by atoms with Crippen LogP contribution in [0.2, 0.25) is 0 Å². The van der Waals surface area contributed by atoms with Gasteiger partial charge in [-0.25, -0.2) is 4.98 Å². The Morgan fingerprint density at radius 3 is 2.84 bits per heavy atom. The predicted molar refractivity (Wildman–Crippen MR) is 78.5 cm³/mol. The Kier molecular flexibility index (Phi) is 2.99. The van der Waals surface area contributed by atoms with Crippen LogP contribution in [0.4, 0.5) is 5.95 Å². The number of aromatic amines is 1. The largest absolute Gasteiger partial charge is 0.367 e. The molecule has 2 heterocycles. The van der Waals surface area contributed by atoms with E-state index in [-0.39, 0.29) is 0 Å². The van der Waals surface area contributed by atoms with E-state index in [9.17, 15) is 0 Å². The molecule has 2 aromatic heterocycles. The fourth-order valence-electron chi connectivity index (χ4n) is 2.38. The number of aromatic nitrogens is 3. The highest BCUT2D eigenvalue weighted by molar-refractivity contribution is 5.78. The molecule has 4 heteroatoms. The van der Waals surface area contributed by atoms with Gasteiger partial charge in [0.05, 0.1) is 11.0 Å². The number of nitrogens with zero attached hydrogens (tertiary/aromatic N) is 3. The van der Waals surface area contributed by atoms with E-state index in [1.165, 1.54) is 11.1 Å². The topological polar surface area (TPSA) is 36.9 Å². The van der Waals surface area contributed by atoms with Gasteiger partial charge in [0, 0.05) is 33.0 Å². The quantitative estimate of drug-likeness (QED) is 0.777. The Hall–Kier alpha value is -2.23. The van der Waals surface area contributed by atoms with E-state index in [1.54, 1.807) is 0 Å². The summed E-state index contributed by atoms with van der Waals surface area (Å²) < 4.78 is 2.15. The number of fused-ring (bicyclic) bond motifs is 1. The minimum absolute atomic E-state index is 0.953. The van der Waals surface area contributed by atoms with Crippen LogP contribution in [0.1, 0.15) is 5.56 Å². The maximum Gasteiger partial charge on any atom is 0.206 e. The van der Waals surface area contributed by atoms with Crippen LogP contribution in [0.25, 0.3) is 11.0 Å². The van der Waals surface area contributed by atoms with Crippen LogP contribution in [-0.2, 0) is 13.5 Å². The van der Waals surface area contributed by atoms with Crippen molar-refractivity contribution in [3.05, 3.63) is 48.3 Å². The molecule has 4 nitrogen and oxygen atoms in total. The first-order valence-corrected chi connectivity index (χ1v) is 6.50. The van der Waals surface area contributed by atoms with Crippen molar-refractivity contribution in [3.8, 4) is 0 Å². The van der Waals surface area contributed by atoms with Gasteiger partial charge in [-0.2, -0.15) is 0 Å². The predicted octanol–water partition coefficient (Wildman–Crippen LogP) is 2.58. The first-order valence-electron chi connectivity index (χ1n) is 6.50. The van der Waals surface area contributed by atoms with Crippen LogP contribution in [0.15, 0.2) is 42.7 Å². The number of rotatable bonds is 4. The van der Waals surface area contributed by atoms with E-state index in [2.05, 4.69) is 46.7 Å². The SMILES string of the molecule is CN(CCc1cc[nH]c1)c1nc2ccccc2n1C. The van der Waals surface area contributed by atoms with Crippen LogP contribution in [-0.4, -0.2) is 28.1 Å². The fourth-order valence-corrected chi connectivity index (χ4v) is 2.38. The van der Waals surface area contributed by atoms with Crippen molar-refractivity contribution < 1.29 is 0 Å². The standard InChI is InChI=1S/C15H18N4/c1-18(10-8-12-7-9-16-11-12)15-17-13-5-3-4-6-14(13)19(15)2/h3-7,9,11,16H,8,10H2,1-2H3. The summed E-state index contributed by atoms with van der Waals surface area (Å²) in [6.45, 7) is 0.953. The number of para-hydroxylation sites is 2. The zero-order chi connectivity index (χ0) is 13.2. The third kappa shape index (κ3) is 2.21. The third-order valence-corrected chi connectivity index (χ3v) is 3.50. The van der Waals surface area contributed by atoms with Crippen LogP contribution in [0, 0.1) is 0 Å². The fraction of sp³-hybridized carbons (Fsp3) is 0.267. The minimum Gasteiger partial charge on any atom is -0.367 e. The summed E-state index contributed by atoms with van der Waals surface area (Å²) >= 11 is 0. The summed E-state index contributed by atoms with van der Waals surface area (Å²) in [5.41, 5.74) is 3.55. The number of hydrogen-bond donors (Lipinski definition) is 1. The van der Waals surface area contributed by atoms with E-state index >= 15 is 0 Å². The lowest BCUT2D eigenvalue weighted by molar-refractivity contribution is 0.803. The van der Waals surface area contributed by atoms with Gasteiger partial charge in [-0.3, -0.25) is 0 Å². The second-order valence-electron chi connectivity index (χ2n) is 4.85. The number of benzene rings is 1. The van der Waals surface area contributed by atoms with E-state index in [4.69, 9.17) is 4.98 Å². The van der Waals surface area contributed by atoms with Gasteiger partial charge in [-0.1, -0.05) is 12.1 Å². The minimum atomic E-state index is 0.953. The highest BCUT2D eigenvalue weighted by atomic mass is 15.3. The molecule has 1 aromatic carbocycles.